The molecule has 1 aromatic carbocycles. The Balaban J connectivity index is 2.92. The number of benzene rings is 1. The molecule has 0 heterocycles. The second-order valence-electron chi connectivity index (χ2n) is 2.65. The van der Waals surface area contributed by atoms with Gasteiger partial charge in [-0.25, -0.2) is 0 Å². The first-order valence-electron chi connectivity index (χ1n) is 3.72. The quantitative estimate of drug-likeness (QED) is 0.622. The van der Waals surface area contributed by atoms with Crippen LogP contribution in [0.1, 0.15) is 0 Å². The van der Waals surface area contributed by atoms with Crippen LogP contribution in [0.4, 0.5) is 27.6 Å². The molecule has 0 aliphatic carbocycles. The molecule has 7 heteroatoms. The average Bonchev–Trinajstić information content (AvgIpc) is 2.06. The van der Waals surface area contributed by atoms with Crippen LogP contribution in [-0.4, -0.2) is 12.3 Å². The van der Waals surface area contributed by atoms with Crippen molar-refractivity contribution < 1.29 is 26.7 Å². The molecule has 0 amide bonds. The molecule has 1 rings (SSSR count). The zero-order valence-corrected chi connectivity index (χ0v) is 7.18. The summed E-state index contributed by atoms with van der Waals surface area (Å²) in [7, 11) is 0. The summed E-state index contributed by atoms with van der Waals surface area (Å²) < 4.78 is 63.5. The van der Waals surface area contributed by atoms with Gasteiger partial charge in [0.15, 0.2) is 0 Å². The molecule has 84 valence electrons. The van der Waals surface area contributed by atoms with Gasteiger partial charge < -0.3 is 10.5 Å². The third kappa shape index (κ3) is 2.48. The van der Waals surface area contributed by atoms with E-state index in [-0.39, 0.29) is 5.69 Å². The predicted molar refractivity (Wildman–Crippen MR) is 42.5 cm³/mol. The van der Waals surface area contributed by atoms with Crippen molar-refractivity contribution in [3.8, 4) is 5.75 Å². The monoisotopic (exact) mass is 227 g/mol. The summed E-state index contributed by atoms with van der Waals surface area (Å²) in [5.41, 5.74) is 4.85. The van der Waals surface area contributed by atoms with Crippen molar-refractivity contribution in [1.82, 2.24) is 0 Å². The molecular formula is C8H6F5NO. The van der Waals surface area contributed by atoms with Crippen LogP contribution >= 0.6 is 0 Å². The Hall–Kier alpha value is -1.53. The highest BCUT2D eigenvalue weighted by molar-refractivity contribution is 5.51. The van der Waals surface area contributed by atoms with Gasteiger partial charge in [-0.3, -0.25) is 0 Å². The maximum Gasteiger partial charge on any atom is 0.499 e. The normalized spacial score (nSPS) is 12.6. The second kappa shape index (κ2) is 3.56. The van der Waals surface area contributed by atoms with Gasteiger partial charge in [-0.1, -0.05) is 12.1 Å². The molecule has 0 fully saturated rings. The summed E-state index contributed by atoms with van der Waals surface area (Å²) in [4.78, 5) is 0. The first-order valence-corrected chi connectivity index (χ1v) is 3.72. The Bertz CT molecular complexity index is 349. The summed E-state index contributed by atoms with van der Waals surface area (Å²) in [5, 5.41) is 0. The van der Waals surface area contributed by atoms with Crippen molar-refractivity contribution in [1.29, 1.82) is 0 Å². The van der Waals surface area contributed by atoms with Crippen LogP contribution in [0.2, 0.25) is 0 Å². The van der Waals surface area contributed by atoms with Crippen molar-refractivity contribution in [3.05, 3.63) is 24.3 Å². The SMILES string of the molecule is Nc1ccccc1OC(F)(F)C(F)(F)F. The summed E-state index contributed by atoms with van der Waals surface area (Å²) in [6.45, 7) is 0. The maximum absolute atomic E-state index is 12.4. The van der Waals surface area contributed by atoms with Crippen molar-refractivity contribution in [3.63, 3.8) is 0 Å². The largest absolute Gasteiger partial charge is 0.499 e. The van der Waals surface area contributed by atoms with E-state index in [9.17, 15) is 22.0 Å². The summed E-state index contributed by atoms with van der Waals surface area (Å²) >= 11 is 0. The molecule has 0 spiro atoms. The maximum atomic E-state index is 12.4. The number of hydrogen-bond acceptors (Lipinski definition) is 2. The highest BCUT2D eigenvalue weighted by Gasteiger charge is 2.61. The number of rotatable bonds is 2. The van der Waals surface area contributed by atoms with Crippen LogP contribution in [0.15, 0.2) is 24.3 Å². The summed E-state index contributed by atoms with van der Waals surface area (Å²) in [6.07, 6.45) is -11.0. The van der Waals surface area contributed by atoms with Gasteiger partial charge in [0, 0.05) is 0 Å². The lowest BCUT2D eigenvalue weighted by atomic mass is 10.3. The molecule has 1 aromatic rings. The van der Waals surface area contributed by atoms with Crippen LogP contribution in [0.25, 0.3) is 0 Å². The van der Waals surface area contributed by atoms with E-state index in [0.29, 0.717) is 0 Å². The number of hydrogen-bond donors (Lipinski definition) is 1. The fraction of sp³-hybridized carbons (Fsp3) is 0.250. The minimum absolute atomic E-state index is 0.290. The standard InChI is InChI=1S/C8H6F5NO/c9-7(10,11)8(12,13)15-6-4-2-1-3-5(6)14/h1-4H,14H2. The van der Waals surface area contributed by atoms with E-state index in [1.54, 1.807) is 0 Å². The molecule has 0 atom stereocenters. The Kier molecular flexibility index (Phi) is 2.74. The number of para-hydroxylation sites is 2. The van der Waals surface area contributed by atoms with E-state index in [1.165, 1.54) is 12.1 Å². The van der Waals surface area contributed by atoms with Crippen LogP contribution < -0.4 is 10.5 Å². The van der Waals surface area contributed by atoms with Crippen molar-refractivity contribution in [2.45, 2.75) is 12.3 Å². The molecule has 2 nitrogen and oxygen atoms in total. The van der Waals surface area contributed by atoms with Gasteiger partial charge in [0.25, 0.3) is 0 Å². The van der Waals surface area contributed by atoms with Crippen LogP contribution in [0.5, 0.6) is 5.75 Å². The fourth-order valence-corrected chi connectivity index (χ4v) is 0.769. The highest BCUT2D eigenvalue weighted by Crippen LogP contribution is 2.38. The molecule has 0 saturated heterocycles. The molecule has 0 unspecified atom stereocenters. The lowest BCUT2D eigenvalue weighted by Gasteiger charge is -2.20. The topological polar surface area (TPSA) is 35.2 Å². The molecule has 0 aromatic heterocycles. The van der Waals surface area contributed by atoms with E-state index < -0.39 is 18.0 Å². The number of nitrogen functional groups attached to an aromatic ring is 1. The van der Waals surface area contributed by atoms with Gasteiger partial charge in [-0.05, 0) is 12.1 Å². The van der Waals surface area contributed by atoms with E-state index in [2.05, 4.69) is 4.74 Å². The number of anilines is 1. The van der Waals surface area contributed by atoms with Gasteiger partial charge in [-0.2, -0.15) is 22.0 Å². The van der Waals surface area contributed by atoms with E-state index in [0.717, 1.165) is 12.1 Å². The molecule has 0 radical (unpaired) electrons. The lowest BCUT2D eigenvalue weighted by molar-refractivity contribution is -0.360. The second-order valence-corrected chi connectivity index (χ2v) is 2.65. The van der Waals surface area contributed by atoms with Gasteiger partial charge in [0.05, 0.1) is 5.69 Å². The molecule has 15 heavy (non-hydrogen) atoms. The molecule has 2 N–H and O–H groups in total. The number of ether oxygens (including phenoxy) is 1. The van der Waals surface area contributed by atoms with Crippen molar-refractivity contribution >= 4 is 5.69 Å². The van der Waals surface area contributed by atoms with Crippen LogP contribution in [0, 0.1) is 0 Å². The van der Waals surface area contributed by atoms with E-state index >= 15 is 0 Å². The van der Waals surface area contributed by atoms with Crippen LogP contribution in [0.3, 0.4) is 0 Å². The highest BCUT2D eigenvalue weighted by atomic mass is 19.4. The number of nitrogens with two attached hydrogens (primary N) is 1. The minimum Gasteiger partial charge on any atom is -0.424 e. The average molecular weight is 227 g/mol. The third-order valence-corrected chi connectivity index (χ3v) is 1.49. The first kappa shape index (κ1) is 11.5. The predicted octanol–water partition coefficient (Wildman–Crippen LogP) is 2.80. The minimum atomic E-state index is -5.77. The number of halogens is 5. The van der Waals surface area contributed by atoms with Gasteiger partial charge in [-0.15, -0.1) is 0 Å². The molecular weight excluding hydrogens is 221 g/mol. The summed E-state index contributed by atoms with van der Waals surface area (Å²) in [5.74, 6) is -0.708. The van der Waals surface area contributed by atoms with Crippen molar-refractivity contribution in [2.75, 3.05) is 5.73 Å². The lowest BCUT2D eigenvalue weighted by Crippen LogP contribution is -2.42. The summed E-state index contributed by atoms with van der Waals surface area (Å²) in [6, 6.07) is 4.70. The molecule has 0 saturated carbocycles. The smallest absolute Gasteiger partial charge is 0.424 e. The Morgan fingerprint density at radius 2 is 1.53 bits per heavy atom. The van der Waals surface area contributed by atoms with E-state index in [1.807, 2.05) is 0 Å². The van der Waals surface area contributed by atoms with Crippen molar-refractivity contribution in [2.24, 2.45) is 0 Å². The first-order chi connectivity index (χ1) is 6.74. The zero-order valence-electron chi connectivity index (χ0n) is 7.18. The van der Waals surface area contributed by atoms with Gasteiger partial charge in [0.1, 0.15) is 5.75 Å². The molecule has 0 aliphatic heterocycles. The number of alkyl halides is 5. The van der Waals surface area contributed by atoms with Gasteiger partial charge in [0.2, 0.25) is 0 Å². The fourth-order valence-electron chi connectivity index (χ4n) is 0.769. The molecule has 0 aliphatic rings. The van der Waals surface area contributed by atoms with Crippen LogP contribution in [-0.2, 0) is 0 Å². The van der Waals surface area contributed by atoms with Gasteiger partial charge >= 0.3 is 12.3 Å². The van der Waals surface area contributed by atoms with E-state index in [4.69, 9.17) is 5.73 Å². The Morgan fingerprint density at radius 1 is 1.00 bits per heavy atom. The molecule has 0 bridgehead atoms. The Labute approximate surface area is 81.4 Å². The Morgan fingerprint density at radius 3 is 2.00 bits per heavy atom. The third-order valence-electron chi connectivity index (χ3n) is 1.49. The zero-order chi connectivity index (χ0) is 11.7.